The average molecular weight is 383 g/mol. The molecular weight excluding hydrogens is 362 g/mol. The van der Waals surface area contributed by atoms with Gasteiger partial charge in [-0.15, -0.1) is 0 Å². The minimum Gasteiger partial charge on any atom is -0.489 e. The van der Waals surface area contributed by atoms with E-state index in [0.29, 0.717) is 18.8 Å². The first-order chi connectivity index (χ1) is 14.3. The molecule has 0 aliphatic heterocycles. The highest BCUT2D eigenvalue weighted by atomic mass is 16.6. The summed E-state index contributed by atoms with van der Waals surface area (Å²) in [6, 6.07) is 29.2. The zero-order valence-electron chi connectivity index (χ0n) is 15.9. The van der Waals surface area contributed by atoms with Gasteiger partial charge in [0.15, 0.2) is 0 Å². The van der Waals surface area contributed by atoms with E-state index in [1.165, 1.54) is 4.57 Å². The Morgan fingerprint density at radius 1 is 0.759 bits per heavy atom. The number of hydrogen-bond donors (Lipinski definition) is 0. The molecule has 1 heterocycles. The maximum absolute atomic E-state index is 12.3. The zero-order chi connectivity index (χ0) is 19.9. The fourth-order valence-corrected chi connectivity index (χ4v) is 3.06. The van der Waals surface area contributed by atoms with E-state index in [1.807, 2.05) is 78.9 Å². The van der Waals surface area contributed by atoms with Gasteiger partial charge in [-0.1, -0.05) is 60.7 Å². The van der Waals surface area contributed by atoms with Gasteiger partial charge >= 0.3 is 6.09 Å². The molecule has 0 atom stereocenters. The Labute approximate surface area is 170 Å². The molecule has 0 bridgehead atoms. The molecule has 4 rings (SSSR count). The number of hydrogen-bond acceptors (Lipinski definition) is 3. The highest BCUT2D eigenvalue weighted by Gasteiger charge is 2.11. The van der Waals surface area contributed by atoms with E-state index in [2.05, 4.69) is 0 Å². The lowest BCUT2D eigenvalue weighted by Crippen LogP contribution is -2.15. The van der Waals surface area contributed by atoms with Crippen LogP contribution in [0.5, 0.6) is 11.5 Å². The molecule has 29 heavy (non-hydrogen) atoms. The molecule has 0 aliphatic carbocycles. The van der Waals surface area contributed by atoms with Crippen molar-refractivity contribution in [2.45, 2.75) is 13.0 Å². The number of ether oxygens (including phenoxy) is 2. The summed E-state index contributed by atoms with van der Waals surface area (Å²) in [5.74, 6) is 1.37. The minimum absolute atomic E-state index is 0.428. The maximum Gasteiger partial charge on any atom is 0.423 e. The van der Waals surface area contributed by atoms with Crippen molar-refractivity contribution >= 4 is 6.09 Å². The van der Waals surface area contributed by atoms with E-state index in [1.54, 1.807) is 24.5 Å². The van der Waals surface area contributed by atoms with Crippen LogP contribution in [-0.2, 0) is 13.0 Å². The highest BCUT2D eigenvalue weighted by Crippen LogP contribution is 2.24. The van der Waals surface area contributed by atoms with Crippen molar-refractivity contribution in [3.8, 4) is 11.5 Å². The van der Waals surface area contributed by atoms with Crippen LogP contribution in [0.1, 0.15) is 16.7 Å². The SMILES string of the molecule is O=C(Oc1ccccc1Cc1cccc(OCc2ccccc2)c1)n1cccc1. The van der Waals surface area contributed by atoms with Gasteiger partial charge in [-0.2, -0.15) is 0 Å². The molecule has 0 radical (unpaired) electrons. The van der Waals surface area contributed by atoms with Gasteiger partial charge in [-0.25, -0.2) is 4.79 Å². The van der Waals surface area contributed by atoms with E-state index < -0.39 is 6.09 Å². The molecule has 3 aromatic carbocycles. The normalized spacial score (nSPS) is 10.5. The summed E-state index contributed by atoms with van der Waals surface area (Å²) in [7, 11) is 0. The Morgan fingerprint density at radius 3 is 2.31 bits per heavy atom. The van der Waals surface area contributed by atoms with Crippen molar-refractivity contribution in [1.82, 2.24) is 4.57 Å². The first kappa shape index (κ1) is 18.6. The van der Waals surface area contributed by atoms with Gasteiger partial charge in [-0.05, 0) is 47.0 Å². The first-order valence-corrected chi connectivity index (χ1v) is 9.47. The minimum atomic E-state index is -0.428. The number of para-hydroxylation sites is 1. The van der Waals surface area contributed by atoms with Crippen LogP contribution in [0.2, 0.25) is 0 Å². The summed E-state index contributed by atoms with van der Waals surface area (Å²) in [5.41, 5.74) is 3.15. The Morgan fingerprint density at radius 2 is 1.48 bits per heavy atom. The highest BCUT2D eigenvalue weighted by molar-refractivity contribution is 5.73. The number of benzene rings is 3. The van der Waals surface area contributed by atoms with Crippen LogP contribution in [0.3, 0.4) is 0 Å². The number of nitrogens with zero attached hydrogens (tertiary/aromatic N) is 1. The van der Waals surface area contributed by atoms with Gasteiger partial charge in [0.1, 0.15) is 18.1 Å². The second kappa shape index (κ2) is 8.93. The largest absolute Gasteiger partial charge is 0.489 e. The molecule has 0 spiro atoms. The van der Waals surface area contributed by atoms with Crippen LogP contribution in [0.15, 0.2) is 103 Å². The second-order valence-electron chi connectivity index (χ2n) is 6.66. The molecule has 0 aliphatic rings. The topological polar surface area (TPSA) is 40.5 Å². The Kier molecular flexibility index (Phi) is 5.72. The fraction of sp³-hybridized carbons (Fsp3) is 0.0800. The van der Waals surface area contributed by atoms with Gasteiger partial charge < -0.3 is 9.47 Å². The van der Waals surface area contributed by atoms with Crippen LogP contribution in [-0.4, -0.2) is 10.7 Å². The lowest BCUT2D eigenvalue weighted by molar-refractivity contribution is 0.202. The van der Waals surface area contributed by atoms with Gasteiger partial charge in [0.25, 0.3) is 0 Å². The van der Waals surface area contributed by atoms with E-state index in [4.69, 9.17) is 9.47 Å². The Hall–Kier alpha value is -3.79. The van der Waals surface area contributed by atoms with Crippen LogP contribution in [0.25, 0.3) is 0 Å². The monoisotopic (exact) mass is 383 g/mol. The molecule has 0 saturated heterocycles. The Bertz CT molecular complexity index is 1070. The molecule has 4 nitrogen and oxygen atoms in total. The van der Waals surface area contributed by atoms with Crippen LogP contribution >= 0.6 is 0 Å². The second-order valence-corrected chi connectivity index (χ2v) is 6.66. The van der Waals surface area contributed by atoms with Crippen LogP contribution < -0.4 is 9.47 Å². The summed E-state index contributed by atoms with van der Waals surface area (Å²) in [5, 5.41) is 0. The Balaban J connectivity index is 1.46. The van der Waals surface area contributed by atoms with Gasteiger partial charge in [-0.3, -0.25) is 4.57 Å². The first-order valence-electron chi connectivity index (χ1n) is 9.47. The summed E-state index contributed by atoms with van der Waals surface area (Å²) in [6.45, 7) is 0.523. The lowest BCUT2D eigenvalue weighted by atomic mass is 10.0. The molecule has 144 valence electrons. The van der Waals surface area contributed by atoms with Crippen molar-refractivity contribution in [3.63, 3.8) is 0 Å². The number of rotatable bonds is 6. The van der Waals surface area contributed by atoms with Crippen molar-refractivity contribution < 1.29 is 14.3 Å². The molecular formula is C25H21NO3. The average Bonchev–Trinajstić information content (AvgIpc) is 3.30. The standard InChI is InChI=1S/C25H21NO3/c27-25(26-15-6-7-16-26)29-24-14-5-4-12-22(24)17-21-11-8-13-23(18-21)28-19-20-9-2-1-3-10-20/h1-16,18H,17,19H2. The summed E-state index contributed by atoms with van der Waals surface area (Å²) < 4.78 is 12.9. The van der Waals surface area contributed by atoms with Crippen molar-refractivity contribution in [3.05, 3.63) is 120 Å². The zero-order valence-corrected chi connectivity index (χ0v) is 15.9. The van der Waals surface area contributed by atoms with E-state index in [-0.39, 0.29) is 0 Å². The smallest absolute Gasteiger partial charge is 0.423 e. The number of carbonyl (C=O) groups excluding carboxylic acids is 1. The van der Waals surface area contributed by atoms with Crippen molar-refractivity contribution in [2.24, 2.45) is 0 Å². The molecule has 0 saturated carbocycles. The fourth-order valence-electron chi connectivity index (χ4n) is 3.06. The molecule has 0 amide bonds. The molecule has 0 fully saturated rings. The summed E-state index contributed by atoms with van der Waals surface area (Å²) >= 11 is 0. The van der Waals surface area contributed by atoms with Gasteiger partial charge in [0.05, 0.1) is 0 Å². The summed E-state index contributed by atoms with van der Waals surface area (Å²) in [4.78, 5) is 12.3. The van der Waals surface area contributed by atoms with Gasteiger partial charge in [0, 0.05) is 18.8 Å². The quantitative estimate of drug-likeness (QED) is 0.428. The molecule has 4 heteroatoms. The summed E-state index contributed by atoms with van der Waals surface area (Å²) in [6.07, 6.45) is 3.54. The number of carbonyl (C=O) groups is 1. The predicted molar refractivity (Wildman–Crippen MR) is 112 cm³/mol. The molecule has 0 N–H and O–H groups in total. The third-order valence-corrected chi connectivity index (χ3v) is 4.53. The van der Waals surface area contributed by atoms with Crippen LogP contribution in [0.4, 0.5) is 4.79 Å². The van der Waals surface area contributed by atoms with Crippen LogP contribution in [0, 0.1) is 0 Å². The van der Waals surface area contributed by atoms with E-state index >= 15 is 0 Å². The van der Waals surface area contributed by atoms with Crippen molar-refractivity contribution in [2.75, 3.05) is 0 Å². The predicted octanol–water partition coefficient (Wildman–Crippen LogP) is 5.71. The molecule has 1 aromatic heterocycles. The molecule has 4 aromatic rings. The maximum atomic E-state index is 12.3. The van der Waals surface area contributed by atoms with Gasteiger partial charge in [0.2, 0.25) is 0 Å². The van der Waals surface area contributed by atoms with E-state index in [9.17, 15) is 4.79 Å². The third kappa shape index (κ3) is 4.93. The third-order valence-electron chi connectivity index (χ3n) is 4.53. The molecule has 0 unspecified atom stereocenters. The van der Waals surface area contributed by atoms with Crippen molar-refractivity contribution in [1.29, 1.82) is 0 Å². The number of aromatic nitrogens is 1. The lowest BCUT2D eigenvalue weighted by Gasteiger charge is -2.12. The van der Waals surface area contributed by atoms with E-state index in [0.717, 1.165) is 22.4 Å².